The van der Waals surface area contributed by atoms with Gasteiger partial charge < -0.3 is 15.8 Å². The molecular formula is C7H11F3N2O2. The first-order chi connectivity index (χ1) is 6.37. The number of hydrogen-bond acceptors (Lipinski definition) is 3. The lowest BCUT2D eigenvalue weighted by atomic mass is 9.90. The zero-order valence-corrected chi connectivity index (χ0v) is 7.30. The number of ether oxygens (including phenoxy) is 1. The Balaban J connectivity index is 2.11. The molecule has 1 saturated carbocycles. The van der Waals surface area contributed by atoms with Crippen molar-refractivity contribution in [2.24, 2.45) is 5.73 Å². The van der Waals surface area contributed by atoms with Gasteiger partial charge in [-0.2, -0.15) is 13.2 Å². The Kier molecular flexibility index (Phi) is 3.20. The second-order valence-electron chi connectivity index (χ2n) is 3.23. The second-order valence-corrected chi connectivity index (χ2v) is 3.23. The highest BCUT2D eigenvalue weighted by molar-refractivity contribution is 5.67. The van der Waals surface area contributed by atoms with Crippen molar-refractivity contribution in [3.05, 3.63) is 0 Å². The minimum absolute atomic E-state index is 0.00424. The lowest BCUT2D eigenvalue weighted by Crippen LogP contribution is -2.45. The first kappa shape index (κ1) is 11.1. The first-order valence-electron chi connectivity index (χ1n) is 4.13. The van der Waals surface area contributed by atoms with Crippen LogP contribution in [0.25, 0.3) is 0 Å². The van der Waals surface area contributed by atoms with Gasteiger partial charge in [0.1, 0.15) is 12.6 Å². The van der Waals surface area contributed by atoms with Gasteiger partial charge in [0, 0.05) is 6.04 Å². The first-order valence-corrected chi connectivity index (χ1v) is 4.13. The largest absolute Gasteiger partial charge is 0.446 e. The highest BCUT2D eigenvalue weighted by Crippen LogP contribution is 2.21. The Labute approximate surface area is 78.6 Å². The van der Waals surface area contributed by atoms with Crippen LogP contribution in [-0.4, -0.2) is 31.0 Å². The van der Waals surface area contributed by atoms with Crippen molar-refractivity contribution in [3.8, 4) is 0 Å². The smallest absolute Gasteiger partial charge is 0.407 e. The van der Waals surface area contributed by atoms with E-state index in [0.717, 1.165) is 0 Å². The van der Waals surface area contributed by atoms with Crippen LogP contribution in [0.15, 0.2) is 0 Å². The molecule has 0 bridgehead atoms. The van der Waals surface area contributed by atoms with Crippen molar-refractivity contribution >= 4 is 6.09 Å². The van der Waals surface area contributed by atoms with Gasteiger partial charge >= 0.3 is 12.3 Å². The van der Waals surface area contributed by atoms with Crippen LogP contribution in [-0.2, 0) is 4.74 Å². The third kappa shape index (κ3) is 3.82. The SMILES string of the molecule is NC1CC(OC(=O)NCC(F)(F)F)C1. The highest BCUT2D eigenvalue weighted by atomic mass is 19.4. The summed E-state index contributed by atoms with van der Waals surface area (Å²) in [6.07, 6.45) is -4.76. The van der Waals surface area contributed by atoms with Gasteiger partial charge in [0.15, 0.2) is 0 Å². The number of nitrogens with one attached hydrogen (secondary N) is 1. The molecule has 0 aromatic heterocycles. The third-order valence-corrected chi connectivity index (χ3v) is 1.84. The van der Waals surface area contributed by atoms with Gasteiger partial charge in [-0.1, -0.05) is 0 Å². The van der Waals surface area contributed by atoms with Crippen LogP contribution in [0.2, 0.25) is 0 Å². The fourth-order valence-corrected chi connectivity index (χ4v) is 1.07. The van der Waals surface area contributed by atoms with Crippen molar-refractivity contribution in [1.29, 1.82) is 0 Å². The highest BCUT2D eigenvalue weighted by Gasteiger charge is 2.31. The number of carbonyl (C=O) groups excluding carboxylic acids is 1. The maximum Gasteiger partial charge on any atom is 0.407 e. The molecule has 0 aromatic carbocycles. The van der Waals surface area contributed by atoms with Gasteiger partial charge in [0.2, 0.25) is 0 Å². The second kappa shape index (κ2) is 4.04. The van der Waals surface area contributed by atoms with E-state index in [9.17, 15) is 18.0 Å². The van der Waals surface area contributed by atoms with E-state index >= 15 is 0 Å². The molecule has 0 aromatic rings. The summed E-state index contributed by atoms with van der Waals surface area (Å²) in [6, 6.07) is -0.00424. The van der Waals surface area contributed by atoms with E-state index in [2.05, 4.69) is 4.74 Å². The van der Waals surface area contributed by atoms with E-state index in [1.54, 1.807) is 5.32 Å². The molecule has 0 heterocycles. The maximum absolute atomic E-state index is 11.6. The molecule has 1 aliphatic rings. The molecule has 1 amide bonds. The summed E-state index contributed by atoms with van der Waals surface area (Å²) in [5.41, 5.74) is 5.40. The Morgan fingerprint density at radius 2 is 2.07 bits per heavy atom. The fraction of sp³-hybridized carbons (Fsp3) is 0.857. The van der Waals surface area contributed by atoms with E-state index in [-0.39, 0.29) is 12.1 Å². The van der Waals surface area contributed by atoms with Crippen LogP contribution in [0.1, 0.15) is 12.8 Å². The summed E-state index contributed by atoms with van der Waals surface area (Å²) in [5.74, 6) is 0. The van der Waals surface area contributed by atoms with Gasteiger partial charge in [0.25, 0.3) is 0 Å². The molecule has 82 valence electrons. The third-order valence-electron chi connectivity index (χ3n) is 1.84. The molecule has 0 unspecified atom stereocenters. The molecule has 1 aliphatic carbocycles. The average molecular weight is 212 g/mol. The topological polar surface area (TPSA) is 64.3 Å². The van der Waals surface area contributed by atoms with Crippen LogP contribution < -0.4 is 11.1 Å². The van der Waals surface area contributed by atoms with Crippen LogP contribution in [0.5, 0.6) is 0 Å². The Morgan fingerprint density at radius 3 is 2.50 bits per heavy atom. The van der Waals surface area contributed by atoms with Gasteiger partial charge in [-0.15, -0.1) is 0 Å². The lowest BCUT2D eigenvalue weighted by Gasteiger charge is -2.31. The summed E-state index contributed by atoms with van der Waals surface area (Å²) in [6.45, 7) is -1.37. The number of amides is 1. The van der Waals surface area contributed by atoms with Crippen molar-refractivity contribution in [2.75, 3.05) is 6.54 Å². The van der Waals surface area contributed by atoms with Crippen LogP contribution in [0, 0.1) is 0 Å². The average Bonchev–Trinajstić information content (AvgIpc) is 1.97. The molecular weight excluding hydrogens is 201 g/mol. The molecule has 4 nitrogen and oxygen atoms in total. The zero-order valence-electron chi connectivity index (χ0n) is 7.30. The summed E-state index contributed by atoms with van der Waals surface area (Å²) in [4.78, 5) is 10.7. The molecule has 0 atom stereocenters. The van der Waals surface area contributed by atoms with Gasteiger partial charge in [-0.25, -0.2) is 4.79 Å². The Bertz CT molecular complexity index is 213. The molecule has 1 fully saturated rings. The van der Waals surface area contributed by atoms with Crippen LogP contribution in [0.3, 0.4) is 0 Å². The quantitative estimate of drug-likeness (QED) is 0.710. The molecule has 0 saturated heterocycles. The van der Waals surface area contributed by atoms with E-state index in [1.165, 1.54) is 0 Å². The van der Waals surface area contributed by atoms with Crippen LogP contribution >= 0.6 is 0 Å². The van der Waals surface area contributed by atoms with Crippen molar-refractivity contribution in [1.82, 2.24) is 5.32 Å². The molecule has 0 radical (unpaired) electrons. The summed E-state index contributed by atoms with van der Waals surface area (Å²) < 4.78 is 39.5. The number of nitrogens with two attached hydrogens (primary N) is 1. The molecule has 3 N–H and O–H groups in total. The number of rotatable bonds is 2. The van der Waals surface area contributed by atoms with E-state index < -0.39 is 18.8 Å². The summed E-state index contributed by atoms with van der Waals surface area (Å²) in [7, 11) is 0. The summed E-state index contributed by atoms with van der Waals surface area (Å²) in [5, 5.41) is 1.61. The molecule has 0 aliphatic heterocycles. The predicted octanol–water partition coefficient (Wildman–Crippen LogP) is 0.765. The lowest BCUT2D eigenvalue weighted by molar-refractivity contribution is -0.124. The Hall–Kier alpha value is -0.980. The molecule has 0 spiro atoms. The number of halogens is 3. The van der Waals surface area contributed by atoms with Crippen molar-refractivity contribution in [2.45, 2.75) is 31.2 Å². The zero-order chi connectivity index (χ0) is 10.8. The van der Waals surface area contributed by atoms with E-state index in [4.69, 9.17) is 5.73 Å². The van der Waals surface area contributed by atoms with Gasteiger partial charge in [-0.3, -0.25) is 0 Å². The number of alkyl halides is 3. The number of hydrogen-bond donors (Lipinski definition) is 2. The normalized spacial score (nSPS) is 26.6. The van der Waals surface area contributed by atoms with Crippen molar-refractivity contribution in [3.63, 3.8) is 0 Å². The van der Waals surface area contributed by atoms with Gasteiger partial charge in [0.05, 0.1) is 0 Å². The fourth-order valence-electron chi connectivity index (χ4n) is 1.07. The minimum atomic E-state index is -4.41. The summed E-state index contributed by atoms with van der Waals surface area (Å²) >= 11 is 0. The molecule has 14 heavy (non-hydrogen) atoms. The minimum Gasteiger partial charge on any atom is -0.446 e. The predicted molar refractivity (Wildman–Crippen MR) is 41.5 cm³/mol. The van der Waals surface area contributed by atoms with E-state index in [0.29, 0.717) is 12.8 Å². The number of alkyl carbamates (subject to hydrolysis) is 1. The molecule has 7 heteroatoms. The monoisotopic (exact) mass is 212 g/mol. The standard InChI is InChI=1S/C7H11F3N2O2/c8-7(9,10)3-12-6(13)14-5-1-4(11)2-5/h4-5H,1-3,11H2,(H,12,13). The maximum atomic E-state index is 11.6. The van der Waals surface area contributed by atoms with Gasteiger partial charge in [-0.05, 0) is 12.8 Å². The Morgan fingerprint density at radius 1 is 1.50 bits per heavy atom. The molecule has 1 rings (SSSR count). The number of carbonyl (C=O) groups is 1. The van der Waals surface area contributed by atoms with Crippen molar-refractivity contribution < 1.29 is 22.7 Å². The van der Waals surface area contributed by atoms with E-state index in [1.807, 2.05) is 0 Å². The van der Waals surface area contributed by atoms with Crippen LogP contribution in [0.4, 0.5) is 18.0 Å².